The molecule has 0 aliphatic heterocycles. The summed E-state index contributed by atoms with van der Waals surface area (Å²) in [5.74, 6) is 0.749. The van der Waals surface area contributed by atoms with Gasteiger partial charge in [-0.15, -0.1) is 0 Å². The summed E-state index contributed by atoms with van der Waals surface area (Å²) in [7, 11) is 0. The lowest BCUT2D eigenvalue weighted by atomic mass is 9.85. The van der Waals surface area contributed by atoms with E-state index in [1.807, 2.05) is 0 Å². The molecule has 0 unspecified atom stereocenters. The first-order valence-electron chi connectivity index (χ1n) is 3.89. The van der Waals surface area contributed by atoms with Gasteiger partial charge in [0.2, 0.25) is 0 Å². The van der Waals surface area contributed by atoms with Crippen LogP contribution in [0.1, 0.15) is 39.0 Å². The van der Waals surface area contributed by atoms with Crippen molar-refractivity contribution in [2.45, 2.75) is 39.0 Å². The lowest BCUT2D eigenvalue weighted by molar-refractivity contribution is 0.368. The van der Waals surface area contributed by atoms with E-state index in [4.69, 9.17) is 5.73 Å². The second-order valence-electron chi connectivity index (χ2n) is 3.08. The Morgan fingerprint density at radius 3 is 2.11 bits per heavy atom. The Morgan fingerprint density at radius 2 is 1.78 bits per heavy atom. The summed E-state index contributed by atoms with van der Waals surface area (Å²) in [6, 6.07) is 1.15. The molecule has 9 heavy (non-hydrogen) atoms. The van der Waals surface area contributed by atoms with Gasteiger partial charge in [0.05, 0.1) is 0 Å². The van der Waals surface area contributed by atoms with Crippen LogP contribution in [0, 0.1) is 12.0 Å². The molecule has 1 aliphatic carbocycles. The van der Waals surface area contributed by atoms with Crippen LogP contribution >= 0.6 is 0 Å². The summed E-state index contributed by atoms with van der Waals surface area (Å²) >= 11 is 0. The van der Waals surface area contributed by atoms with Gasteiger partial charge in [0, 0.05) is 6.04 Å². The minimum Gasteiger partial charge on any atom is -0.324 e. The quantitative estimate of drug-likeness (QED) is 0.572. The zero-order valence-corrected chi connectivity index (χ0v) is 6.19. The maximum absolute atomic E-state index is 5.68. The van der Waals surface area contributed by atoms with Crippen molar-refractivity contribution in [1.29, 1.82) is 0 Å². The summed E-state index contributed by atoms with van der Waals surface area (Å²) in [4.78, 5) is 0. The van der Waals surface area contributed by atoms with E-state index in [-0.39, 0.29) is 0 Å². The van der Waals surface area contributed by atoms with Gasteiger partial charge >= 0.3 is 0 Å². The van der Waals surface area contributed by atoms with Crippen molar-refractivity contribution in [2.24, 2.45) is 11.7 Å². The van der Waals surface area contributed by atoms with Gasteiger partial charge in [-0.3, -0.25) is 0 Å². The molecule has 1 heteroatoms. The van der Waals surface area contributed by atoms with Gasteiger partial charge < -0.3 is 5.73 Å². The van der Waals surface area contributed by atoms with Crippen molar-refractivity contribution in [2.75, 3.05) is 0 Å². The third-order valence-corrected chi connectivity index (χ3v) is 2.25. The van der Waals surface area contributed by atoms with Crippen molar-refractivity contribution in [3.8, 4) is 0 Å². The van der Waals surface area contributed by atoms with Gasteiger partial charge in [-0.25, -0.2) is 0 Å². The first kappa shape index (κ1) is 7.07. The highest BCUT2D eigenvalue weighted by atomic mass is 14.6. The molecule has 0 aromatic carbocycles. The van der Waals surface area contributed by atoms with E-state index in [2.05, 4.69) is 6.92 Å². The lowest BCUT2D eigenvalue weighted by Gasteiger charge is -2.23. The van der Waals surface area contributed by atoms with Crippen LogP contribution < -0.4 is 5.73 Å². The summed E-state index contributed by atoms with van der Waals surface area (Å²) in [5.41, 5.74) is 5.68. The van der Waals surface area contributed by atoms with E-state index in [1.165, 1.54) is 32.1 Å². The van der Waals surface area contributed by atoms with Crippen molar-refractivity contribution < 1.29 is 0 Å². The molecule has 0 aromatic rings. The average molecular weight is 126 g/mol. The molecule has 0 aromatic heterocycles. The third kappa shape index (κ3) is 1.98. The van der Waals surface area contributed by atoms with E-state index in [0.717, 1.165) is 12.0 Å². The molecule has 0 spiro atoms. The zero-order chi connectivity index (χ0) is 6.69. The monoisotopic (exact) mass is 126 g/mol. The Labute approximate surface area is 57.6 Å². The highest BCUT2D eigenvalue weighted by Crippen LogP contribution is 2.27. The van der Waals surface area contributed by atoms with Gasteiger partial charge in [-0.05, 0) is 25.7 Å². The van der Waals surface area contributed by atoms with E-state index >= 15 is 0 Å². The second kappa shape index (κ2) is 3.21. The molecular weight excluding hydrogens is 110 g/mol. The third-order valence-electron chi connectivity index (χ3n) is 2.25. The summed E-state index contributed by atoms with van der Waals surface area (Å²) in [6.07, 6.45) is 6.87. The Bertz CT molecular complexity index is 72.6. The molecule has 1 fully saturated rings. The van der Waals surface area contributed by atoms with E-state index in [0.29, 0.717) is 0 Å². The van der Waals surface area contributed by atoms with Gasteiger partial charge in [0.15, 0.2) is 0 Å². The Morgan fingerprint density at radius 1 is 1.22 bits per heavy atom. The van der Waals surface area contributed by atoms with Crippen molar-refractivity contribution in [1.82, 2.24) is 0 Å². The largest absolute Gasteiger partial charge is 0.324 e. The molecule has 0 atom stereocenters. The lowest BCUT2D eigenvalue weighted by Crippen LogP contribution is -2.20. The summed E-state index contributed by atoms with van der Waals surface area (Å²) in [6.45, 7) is 2.05. The highest BCUT2D eigenvalue weighted by molar-refractivity contribution is 4.86. The average Bonchev–Trinajstić information content (AvgIpc) is 1.90. The molecule has 1 radical (unpaired) electrons. The maximum atomic E-state index is 5.68. The normalized spacial score (nSPS) is 23.0. The second-order valence-corrected chi connectivity index (χ2v) is 3.08. The molecule has 1 nitrogen and oxygen atoms in total. The van der Waals surface area contributed by atoms with Gasteiger partial charge in [-0.2, -0.15) is 0 Å². The molecule has 2 N–H and O–H groups in total. The van der Waals surface area contributed by atoms with Crippen LogP contribution in [0.3, 0.4) is 0 Å². The van der Waals surface area contributed by atoms with Crippen LogP contribution in [-0.2, 0) is 0 Å². The Hall–Kier alpha value is -0.0400. The predicted molar refractivity (Wildman–Crippen MR) is 39.7 cm³/mol. The fourth-order valence-electron chi connectivity index (χ4n) is 1.56. The smallest absolute Gasteiger partial charge is 0.0336 e. The van der Waals surface area contributed by atoms with Crippen molar-refractivity contribution in [3.63, 3.8) is 0 Å². The van der Waals surface area contributed by atoms with Crippen LogP contribution in [0.4, 0.5) is 0 Å². The van der Waals surface area contributed by atoms with E-state index in [1.54, 1.807) is 0 Å². The zero-order valence-electron chi connectivity index (χ0n) is 6.19. The first-order valence-corrected chi connectivity index (χ1v) is 3.89. The molecule has 1 saturated carbocycles. The van der Waals surface area contributed by atoms with Gasteiger partial charge in [-0.1, -0.05) is 19.3 Å². The fourth-order valence-corrected chi connectivity index (χ4v) is 1.56. The molecular formula is C8H16N. The number of nitrogens with two attached hydrogens (primary N) is 1. The molecule has 0 heterocycles. The molecule has 0 bridgehead atoms. The summed E-state index contributed by atoms with van der Waals surface area (Å²) < 4.78 is 0. The predicted octanol–water partition coefficient (Wildman–Crippen LogP) is 2.08. The number of hydrogen-bond acceptors (Lipinski definition) is 1. The minimum absolute atomic E-state index is 0.749. The van der Waals surface area contributed by atoms with E-state index < -0.39 is 0 Å². The Kier molecular flexibility index (Phi) is 2.52. The molecule has 1 aliphatic rings. The minimum atomic E-state index is 0.749. The van der Waals surface area contributed by atoms with Crippen LogP contribution in [0.25, 0.3) is 0 Å². The van der Waals surface area contributed by atoms with Crippen LogP contribution in [0.15, 0.2) is 0 Å². The van der Waals surface area contributed by atoms with Crippen LogP contribution in [-0.4, -0.2) is 0 Å². The van der Waals surface area contributed by atoms with Gasteiger partial charge in [0.1, 0.15) is 0 Å². The van der Waals surface area contributed by atoms with Crippen LogP contribution in [0.5, 0.6) is 0 Å². The number of hydrogen-bond donors (Lipinski definition) is 1. The molecule has 0 amide bonds. The van der Waals surface area contributed by atoms with Crippen molar-refractivity contribution in [3.05, 3.63) is 6.04 Å². The topological polar surface area (TPSA) is 26.0 Å². The fraction of sp³-hybridized carbons (Fsp3) is 0.875. The maximum Gasteiger partial charge on any atom is 0.0336 e. The summed E-state index contributed by atoms with van der Waals surface area (Å²) in [5, 5.41) is 0. The number of rotatable bonds is 1. The SMILES string of the molecule is C[C](N)C1CCCCC1. The molecule has 1 rings (SSSR count). The molecule has 0 saturated heterocycles. The van der Waals surface area contributed by atoms with E-state index in [9.17, 15) is 0 Å². The first-order chi connectivity index (χ1) is 4.30. The van der Waals surface area contributed by atoms with Crippen molar-refractivity contribution >= 4 is 0 Å². The Balaban J connectivity index is 2.23. The van der Waals surface area contributed by atoms with Gasteiger partial charge in [0.25, 0.3) is 0 Å². The van der Waals surface area contributed by atoms with Crippen LogP contribution in [0.2, 0.25) is 0 Å². The standard InChI is InChI=1S/C8H16N/c1-7(9)8-5-3-2-4-6-8/h8H,2-6,9H2,1H3. The highest BCUT2D eigenvalue weighted by Gasteiger charge is 2.16. The molecule has 53 valence electrons.